The molecule has 88 valence electrons. The molecule has 17 heavy (non-hydrogen) atoms. The van der Waals surface area contributed by atoms with Gasteiger partial charge >= 0.3 is 0 Å². The zero-order chi connectivity index (χ0) is 12.4. The summed E-state index contributed by atoms with van der Waals surface area (Å²) in [7, 11) is 0. The van der Waals surface area contributed by atoms with Gasteiger partial charge in [0.25, 0.3) is 0 Å². The molecule has 0 unspecified atom stereocenters. The van der Waals surface area contributed by atoms with Crippen LogP contribution in [0.25, 0.3) is 11.1 Å². The normalized spacial score (nSPS) is 10.6. The van der Waals surface area contributed by atoms with Crippen LogP contribution in [0.15, 0.2) is 36.4 Å². The number of nitrogens with two attached hydrogens (primary N) is 1. The maximum atomic E-state index is 13.7. The molecule has 2 aromatic rings. The van der Waals surface area contributed by atoms with E-state index in [9.17, 15) is 8.78 Å². The van der Waals surface area contributed by atoms with Gasteiger partial charge in [0.05, 0.1) is 0 Å². The molecule has 2 rings (SSSR count). The Balaban J connectivity index is 2.59. The molecule has 0 radical (unpaired) electrons. The van der Waals surface area contributed by atoms with E-state index in [2.05, 4.69) is 0 Å². The van der Waals surface area contributed by atoms with E-state index in [0.29, 0.717) is 0 Å². The van der Waals surface area contributed by atoms with Crippen molar-refractivity contribution in [3.8, 4) is 11.1 Å². The molecular formula is C13H10ClF2N. The molecule has 0 amide bonds. The maximum absolute atomic E-state index is 13.7. The second kappa shape index (κ2) is 4.82. The Labute approximate surface area is 103 Å². The van der Waals surface area contributed by atoms with Crippen LogP contribution in [0.3, 0.4) is 0 Å². The van der Waals surface area contributed by atoms with Gasteiger partial charge in [-0.1, -0.05) is 17.7 Å². The molecule has 1 nitrogen and oxygen atoms in total. The van der Waals surface area contributed by atoms with Crippen molar-refractivity contribution in [1.29, 1.82) is 0 Å². The number of hydrogen-bond donors (Lipinski definition) is 1. The van der Waals surface area contributed by atoms with Gasteiger partial charge in [-0.25, -0.2) is 8.78 Å². The van der Waals surface area contributed by atoms with E-state index in [1.165, 1.54) is 18.2 Å². The lowest BCUT2D eigenvalue weighted by molar-refractivity contribution is 0.616. The van der Waals surface area contributed by atoms with Gasteiger partial charge in [0.2, 0.25) is 0 Å². The highest BCUT2D eigenvalue weighted by atomic mass is 35.5. The molecule has 0 spiro atoms. The molecule has 0 heterocycles. The van der Waals surface area contributed by atoms with Crippen LogP contribution >= 0.6 is 11.6 Å². The first kappa shape index (κ1) is 12.0. The molecule has 0 saturated heterocycles. The van der Waals surface area contributed by atoms with Crippen molar-refractivity contribution in [2.75, 3.05) is 0 Å². The van der Waals surface area contributed by atoms with E-state index < -0.39 is 11.6 Å². The number of benzene rings is 2. The van der Waals surface area contributed by atoms with E-state index in [1.54, 1.807) is 12.1 Å². The van der Waals surface area contributed by atoms with Gasteiger partial charge in [-0.15, -0.1) is 0 Å². The fraction of sp³-hybridized carbons (Fsp3) is 0.0769. The summed E-state index contributed by atoms with van der Waals surface area (Å²) in [6.07, 6.45) is 0. The Morgan fingerprint density at radius 3 is 2.35 bits per heavy atom. The van der Waals surface area contributed by atoms with Crippen LogP contribution in [-0.2, 0) is 6.54 Å². The quantitative estimate of drug-likeness (QED) is 0.867. The zero-order valence-corrected chi connectivity index (χ0v) is 9.64. The highest BCUT2D eigenvalue weighted by Crippen LogP contribution is 2.28. The summed E-state index contributed by atoms with van der Waals surface area (Å²) in [5.74, 6) is -1.03. The largest absolute Gasteiger partial charge is 0.326 e. The number of rotatable bonds is 2. The van der Waals surface area contributed by atoms with Crippen LogP contribution in [0.1, 0.15) is 5.56 Å². The Morgan fingerprint density at radius 1 is 0.941 bits per heavy atom. The first-order chi connectivity index (χ1) is 8.11. The van der Waals surface area contributed by atoms with Crippen molar-refractivity contribution in [1.82, 2.24) is 0 Å². The van der Waals surface area contributed by atoms with E-state index in [4.69, 9.17) is 17.3 Å². The minimum atomic E-state index is -0.550. The fourth-order valence-electron chi connectivity index (χ4n) is 1.61. The summed E-state index contributed by atoms with van der Waals surface area (Å²) in [6.45, 7) is 0.280. The second-order valence-electron chi connectivity index (χ2n) is 3.64. The van der Waals surface area contributed by atoms with Crippen LogP contribution in [0, 0.1) is 11.6 Å². The Hall–Kier alpha value is -1.45. The summed E-state index contributed by atoms with van der Waals surface area (Å²) in [5, 5.41) is 0.279. The SMILES string of the molecule is NCc1ccc(F)c(-c2ccc(Cl)cc2F)c1. The molecule has 0 saturated carbocycles. The maximum Gasteiger partial charge on any atom is 0.132 e. The van der Waals surface area contributed by atoms with Crippen molar-refractivity contribution in [3.05, 3.63) is 58.6 Å². The third kappa shape index (κ3) is 2.46. The lowest BCUT2D eigenvalue weighted by Gasteiger charge is -2.07. The topological polar surface area (TPSA) is 26.0 Å². The molecule has 2 N–H and O–H groups in total. The van der Waals surface area contributed by atoms with Gasteiger partial charge in [0, 0.05) is 22.7 Å². The van der Waals surface area contributed by atoms with E-state index >= 15 is 0 Å². The monoisotopic (exact) mass is 253 g/mol. The van der Waals surface area contributed by atoms with Crippen molar-refractivity contribution >= 4 is 11.6 Å². The van der Waals surface area contributed by atoms with Crippen LogP contribution in [-0.4, -0.2) is 0 Å². The Kier molecular flexibility index (Phi) is 3.41. The molecule has 0 atom stereocenters. The zero-order valence-electron chi connectivity index (χ0n) is 8.88. The number of hydrogen-bond acceptors (Lipinski definition) is 1. The van der Waals surface area contributed by atoms with Gasteiger partial charge < -0.3 is 5.73 Å². The molecule has 0 aliphatic heterocycles. The molecule has 0 aliphatic carbocycles. The minimum Gasteiger partial charge on any atom is -0.326 e. The first-order valence-corrected chi connectivity index (χ1v) is 5.43. The van der Waals surface area contributed by atoms with Gasteiger partial charge in [0.1, 0.15) is 11.6 Å². The van der Waals surface area contributed by atoms with Gasteiger partial charge in [-0.3, -0.25) is 0 Å². The standard InChI is InChI=1S/C13H10ClF2N/c14-9-2-3-10(13(16)6-9)11-5-8(7-17)1-4-12(11)15/h1-6H,7,17H2. The molecule has 4 heteroatoms. The minimum absolute atomic E-state index is 0.183. The predicted octanol–water partition coefficient (Wildman–Crippen LogP) is 3.74. The molecule has 0 aliphatic rings. The average Bonchev–Trinajstić information content (AvgIpc) is 2.30. The average molecular weight is 254 g/mol. The van der Waals surface area contributed by atoms with E-state index in [1.807, 2.05) is 0 Å². The Bertz CT molecular complexity index is 555. The van der Waals surface area contributed by atoms with Gasteiger partial charge in [-0.05, 0) is 35.9 Å². The van der Waals surface area contributed by atoms with Crippen LogP contribution in [0.5, 0.6) is 0 Å². The summed E-state index contributed by atoms with van der Waals surface area (Å²) >= 11 is 5.65. The van der Waals surface area contributed by atoms with Crippen LogP contribution in [0.4, 0.5) is 8.78 Å². The Morgan fingerprint density at radius 2 is 1.71 bits per heavy atom. The lowest BCUT2D eigenvalue weighted by atomic mass is 10.0. The van der Waals surface area contributed by atoms with E-state index in [-0.39, 0.29) is 22.7 Å². The summed E-state index contributed by atoms with van der Waals surface area (Å²) in [6, 6.07) is 8.54. The van der Waals surface area contributed by atoms with Crippen molar-refractivity contribution in [2.45, 2.75) is 6.54 Å². The predicted molar refractivity (Wildman–Crippen MR) is 64.7 cm³/mol. The fourth-order valence-corrected chi connectivity index (χ4v) is 1.77. The third-order valence-electron chi connectivity index (χ3n) is 2.49. The summed E-state index contributed by atoms with van der Waals surface area (Å²) in [5.41, 5.74) is 6.60. The van der Waals surface area contributed by atoms with Crippen LogP contribution < -0.4 is 5.73 Å². The summed E-state index contributed by atoms with van der Waals surface area (Å²) < 4.78 is 27.3. The molecule has 0 fully saturated rings. The van der Waals surface area contributed by atoms with Crippen molar-refractivity contribution < 1.29 is 8.78 Å². The van der Waals surface area contributed by atoms with Crippen molar-refractivity contribution in [3.63, 3.8) is 0 Å². The van der Waals surface area contributed by atoms with E-state index in [0.717, 1.165) is 11.6 Å². The molecular weight excluding hydrogens is 244 g/mol. The smallest absolute Gasteiger partial charge is 0.132 e. The number of halogens is 3. The van der Waals surface area contributed by atoms with Crippen LogP contribution in [0.2, 0.25) is 5.02 Å². The summed E-state index contributed by atoms with van der Waals surface area (Å²) in [4.78, 5) is 0. The first-order valence-electron chi connectivity index (χ1n) is 5.05. The lowest BCUT2D eigenvalue weighted by Crippen LogP contribution is -1.98. The molecule has 0 bridgehead atoms. The van der Waals surface area contributed by atoms with Crippen molar-refractivity contribution in [2.24, 2.45) is 5.73 Å². The third-order valence-corrected chi connectivity index (χ3v) is 2.72. The van der Waals surface area contributed by atoms with Gasteiger partial charge in [-0.2, -0.15) is 0 Å². The molecule has 0 aromatic heterocycles. The highest BCUT2D eigenvalue weighted by Gasteiger charge is 2.11. The highest BCUT2D eigenvalue weighted by molar-refractivity contribution is 6.30. The van der Waals surface area contributed by atoms with Gasteiger partial charge in [0.15, 0.2) is 0 Å². The molecule has 2 aromatic carbocycles. The second-order valence-corrected chi connectivity index (χ2v) is 4.08.